The standard InChI is InChI=1S/C12H11N3O2S/c13-12-15-11-10(18-12)8(5-9(17)14-11)6-1-3-7(16)4-2-6/h1-4,8,16H,5H2,(H2,13,15)(H,14,17). The molecule has 1 unspecified atom stereocenters. The molecule has 4 N–H and O–H groups in total. The van der Waals surface area contributed by atoms with Crippen LogP contribution >= 0.6 is 11.3 Å². The SMILES string of the molecule is Nc1nc2c(s1)C(c1ccc(O)cc1)CC(=O)N2. The number of fused-ring (bicyclic) bond motifs is 1. The van der Waals surface area contributed by atoms with E-state index >= 15 is 0 Å². The molecular formula is C12H11N3O2S. The maximum Gasteiger partial charge on any atom is 0.226 e. The third kappa shape index (κ3) is 1.80. The number of aromatic nitrogens is 1. The highest BCUT2D eigenvalue weighted by Gasteiger charge is 2.29. The molecule has 0 spiro atoms. The Hall–Kier alpha value is -2.08. The van der Waals surface area contributed by atoms with E-state index in [9.17, 15) is 9.90 Å². The summed E-state index contributed by atoms with van der Waals surface area (Å²) < 4.78 is 0. The van der Waals surface area contributed by atoms with Gasteiger partial charge < -0.3 is 16.2 Å². The quantitative estimate of drug-likeness (QED) is 0.731. The normalized spacial score (nSPS) is 18.2. The van der Waals surface area contributed by atoms with Gasteiger partial charge in [0.05, 0.1) is 4.88 Å². The lowest BCUT2D eigenvalue weighted by molar-refractivity contribution is -0.116. The van der Waals surface area contributed by atoms with E-state index in [2.05, 4.69) is 10.3 Å². The molecule has 92 valence electrons. The second-order valence-corrected chi connectivity index (χ2v) is 5.22. The largest absolute Gasteiger partial charge is 0.508 e. The highest BCUT2D eigenvalue weighted by atomic mass is 32.1. The van der Waals surface area contributed by atoms with Gasteiger partial charge in [0.15, 0.2) is 5.13 Å². The fourth-order valence-corrected chi connectivity index (χ4v) is 3.03. The average molecular weight is 261 g/mol. The maximum atomic E-state index is 11.6. The first kappa shape index (κ1) is 11.0. The number of nitrogens with two attached hydrogens (primary N) is 1. The second kappa shape index (κ2) is 3.99. The van der Waals surface area contributed by atoms with E-state index in [0.717, 1.165) is 10.4 Å². The molecule has 0 bridgehead atoms. The number of nitrogens with zero attached hydrogens (tertiary/aromatic N) is 1. The Morgan fingerprint density at radius 2 is 2.11 bits per heavy atom. The summed E-state index contributed by atoms with van der Waals surface area (Å²) in [6.07, 6.45) is 0.374. The van der Waals surface area contributed by atoms with Crippen LogP contribution in [0.1, 0.15) is 22.8 Å². The van der Waals surface area contributed by atoms with Gasteiger partial charge in [0.2, 0.25) is 5.91 Å². The van der Waals surface area contributed by atoms with Crippen molar-refractivity contribution in [3.05, 3.63) is 34.7 Å². The zero-order chi connectivity index (χ0) is 12.7. The van der Waals surface area contributed by atoms with Gasteiger partial charge in [0.1, 0.15) is 11.6 Å². The third-order valence-electron chi connectivity index (χ3n) is 2.93. The molecule has 1 aliphatic heterocycles. The van der Waals surface area contributed by atoms with Crippen LogP contribution in [0.15, 0.2) is 24.3 Å². The first-order valence-corrected chi connectivity index (χ1v) is 6.30. The molecule has 1 amide bonds. The maximum absolute atomic E-state index is 11.6. The first-order chi connectivity index (χ1) is 8.63. The summed E-state index contributed by atoms with van der Waals surface area (Å²) in [5.41, 5.74) is 6.66. The minimum atomic E-state index is -0.0640. The summed E-state index contributed by atoms with van der Waals surface area (Å²) in [6.45, 7) is 0. The van der Waals surface area contributed by atoms with E-state index in [1.807, 2.05) is 12.1 Å². The Morgan fingerprint density at radius 1 is 1.39 bits per heavy atom. The number of anilines is 2. The molecule has 18 heavy (non-hydrogen) atoms. The van der Waals surface area contributed by atoms with Crippen LogP contribution in [0.25, 0.3) is 0 Å². The Morgan fingerprint density at radius 3 is 2.83 bits per heavy atom. The van der Waals surface area contributed by atoms with E-state index in [1.54, 1.807) is 12.1 Å². The molecule has 0 saturated carbocycles. The van der Waals surface area contributed by atoms with Gasteiger partial charge >= 0.3 is 0 Å². The van der Waals surface area contributed by atoms with E-state index in [0.29, 0.717) is 17.4 Å². The molecule has 6 heteroatoms. The number of phenols is 1. The van der Waals surface area contributed by atoms with Crippen LogP contribution in [0, 0.1) is 0 Å². The third-order valence-corrected chi connectivity index (χ3v) is 3.93. The van der Waals surface area contributed by atoms with E-state index in [-0.39, 0.29) is 17.6 Å². The number of carbonyl (C=O) groups excluding carboxylic acids is 1. The van der Waals surface area contributed by atoms with Crippen LogP contribution in [-0.2, 0) is 4.79 Å². The van der Waals surface area contributed by atoms with Crippen molar-refractivity contribution in [3.63, 3.8) is 0 Å². The number of hydrogen-bond acceptors (Lipinski definition) is 5. The van der Waals surface area contributed by atoms with Gasteiger partial charge in [-0.3, -0.25) is 4.79 Å². The number of aromatic hydroxyl groups is 1. The van der Waals surface area contributed by atoms with Crippen molar-refractivity contribution in [1.82, 2.24) is 4.98 Å². The Bertz CT molecular complexity index is 606. The van der Waals surface area contributed by atoms with Crippen molar-refractivity contribution in [2.75, 3.05) is 11.1 Å². The molecule has 3 rings (SSSR count). The Balaban J connectivity index is 2.06. The Kier molecular flexibility index (Phi) is 2.45. The lowest BCUT2D eigenvalue weighted by Crippen LogP contribution is -2.22. The number of carbonyl (C=O) groups is 1. The van der Waals surface area contributed by atoms with Crippen molar-refractivity contribution in [2.24, 2.45) is 0 Å². The number of nitrogen functional groups attached to an aromatic ring is 1. The molecule has 1 aromatic heterocycles. The van der Waals surface area contributed by atoms with Gasteiger partial charge in [0.25, 0.3) is 0 Å². The minimum absolute atomic E-state index is 0.0378. The molecule has 0 radical (unpaired) electrons. The molecule has 0 saturated heterocycles. The van der Waals surface area contributed by atoms with Crippen LogP contribution in [0.4, 0.5) is 10.9 Å². The van der Waals surface area contributed by atoms with Crippen LogP contribution in [0.2, 0.25) is 0 Å². The zero-order valence-electron chi connectivity index (χ0n) is 9.38. The van der Waals surface area contributed by atoms with Crippen molar-refractivity contribution in [2.45, 2.75) is 12.3 Å². The molecule has 1 aliphatic rings. The van der Waals surface area contributed by atoms with Crippen LogP contribution in [-0.4, -0.2) is 16.0 Å². The summed E-state index contributed by atoms with van der Waals surface area (Å²) in [5.74, 6) is 0.671. The summed E-state index contributed by atoms with van der Waals surface area (Å²) in [6, 6.07) is 6.87. The lowest BCUT2D eigenvalue weighted by Gasteiger charge is -2.21. The molecule has 2 heterocycles. The number of thiazole rings is 1. The summed E-state index contributed by atoms with van der Waals surface area (Å²) in [7, 11) is 0. The number of nitrogens with one attached hydrogen (secondary N) is 1. The van der Waals surface area contributed by atoms with Gasteiger partial charge in [-0.05, 0) is 17.7 Å². The summed E-state index contributed by atoms with van der Waals surface area (Å²) >= 11 is 1.39. The second-order valence-electron chi connectivity index (χ2n) is 4.16. The van der Waals surface area contributed by atoms with Gasteiger partial charge in [0, 0.05) is 12.3 Å². The molecule has 2 aromatic rings. The van der Waals surface area contributed by atoms with Crippen molar-refractivity contribution >= 4 is 28.2 Å². The number of hydrogen-bond donors (Lipinski definition) is 3. The molecular weight excluding hydrogens is 250 g/mol. The molecule has 0 fully saturated rings. The Labute approximate surface area is 107 Å². The van der Waals surface area contributed by atoms with E-state index in [4.69, 9.17) is 5.73 Å². The lowest BCUT2D eigenvalue weighted by atomic mass is 9.91. The minimum Gasteiger partial charge on any atom is -0.508 e. The van der Waals surface area contributed by atoms with E-state index < -0.39 is 0 Å². The number of amides is 1. The fraction of sp³-hybridized carbons (Fsp3) is 0.167. The summed E-state index contributed by atoms with van der Waals surface area (Å²) in [4.78, 5) is 16.7. The monoisotopic (exact) mass is 261 g/mol. The summed E-state index contributed by atoms with van der Waals surface area (Å²) in [5, 5.41) is 12.5. The van der Waals surface area contributed by atoms with Crippen molar-refractivity contribution in [3.8, 4) is 5.75 Å². The zero-order valence-corrected chi connectivity index (χ0v) is 10.2. The van der Waals surface area contributed by atoms with Crippen LogP contribution in [0.3, 0.4) is 0 Å². The average Bonchev–Trinajstić information content (AvgIpc) is 2.69. The van der Waals surface area contributed by atoms with E-state index in [1.165, 1.54) is 11.3 Å². The van der Waals surface area contributed by atoms with Gasteiger partial charge in [-0.2, -0.15) is 0 Å². The molecule has 1 aromatic carbocycles. The molecule has 5 nitrogen and oxygen atoms in total. The van der Waals surface area contributed by atoms with Crippen LogP contribution in [0.5, 0.6) is 5.75 Å². The van der Waals surface area contributed by atoms with Crippen molar-refractivity contribution in [1.29, 1.82) is 0 Å². The number of benzene rings is 1. The number of phenolic OH excluding ortho intramolecular Hbond substituents is 1. The van der Waals surface area contributed by atoms with Gasteiger partial charge in [-0.15, -0.1) is 0 Å². The topological polar surface area (TPSA) is 88.2 Å². The number of rotatable bonds is 1. The highest BCUT2D eigenvalue weighted by Crippen LogP contribution is 2.41. The van der Waals surface area contributed by atoms with Gasteiger partial charge in [-0.1, -0.05) is 23.5 Å². The first-order valence-electron chi connectivity index (χ1n) is 5.48. The predicted octanol–water partition coefficient (Wildman–Crippen LogP) is 1.90. The highest BCUT2D eigenvalue weighted by molar-refractivity contribution is 7.16. The molecule has 1 atom stereocenters. The molecule has 0 aliphatic carbocycles. The smallest absolute Gasteiger partial charge is 0.226 e. The fourth-order valence-electron chi connectivity index (χ4n) is 2.11. The predicted molar refractivity (Wildman–Crippen MR) is 69.7 cm³/mol. The van der Waals surface area contributed by atoms with Crippen LogP contribution < -0.4 is 11.1 Å². The van der Waals surface area contributed by atoms with Gasteiger partial charge in [-0.25, -0.2) is 4.98 Å². The van der Waals surface area contributed by atoms with Crippen molar-refractivity contribution < 1.29 is 9.90 Å².